The Morgan fingerprint density at radius 1 is 0.973 bits per heavy atom. The van der Waals surface area contributed by atoms with Crippen molar-refractivity contribution in [2.24, 2.45) is 5.84 Å². The van der Waals surface area contributed by atoms with Crippen LogP contribution in [0, 0.1) is 11.3 Å². The van der Waals surface area contributed by atoms with Crippen molar-refractivity contribution in [2.75, 3.05) is 7.11 Å². The van der Waals surface area contributed by atoms with Crippen LogP contribution in [0.2, 0.25) is 0 Å². The van der Waals surface area contributed by atoms with Gasteiger partial charge >= 0.3 is 11.9 Å². The molecule has 10 nitrogen and oxygen atoms in total. The number of ether oxygens (including phenoxy) is 2. The van der Waals surface area contributed by atoms with Crippen molar-refractivity contribution in [1.29, 1.82) is 5.26 Å². The molecule has 0 fully saturated rings. The number of hydrogen-bond donors (Lipinski definition) is 3. The maximum atomic E-state index is 13.1. The van der Waals surface area contributed by atoms with Crippen LogP contribution in [0.4, 0.5) is 0 Å². The molecule has 0 spiro atoms. The SMILES string of the molecule is COc1ccc(-c2coc(C(=O)OC(=O)c3ccc(O)c(C#N)c3C(=O)NN)c2-c2ccccc2)cc1. The van der Waals surface area contributed by atoms with Gasteiger partial charge in [-0.2, -0.15) is 5.26 Å². The van der Waals surface area contributed by atoms with Gasteiger partial charge in [0.2, 0.25) is 5.76 Å². The van der Waals surface area contributed by atoms with Gasteiger partial charge in [-0.05, 0) is 35.4 Å². The highest BCUT2D eigenvalue weighted by atomic mass is 16.6. The van der Waals surface area contributed by atoms with E-state index in [4.69, 9.17) is 19.7 Å². The van der Waals surface area contributed by atoms with Crippen molar-refractivity contribution in [3.8, 4) is 39.8 Å². The van der Waals surface area contributed by atoms with Crippen molar-refractivity contribution >= 4 is 17.8 Å². The average molecular weight is 497 g/mol. The molecule has 0 bridgehead atoms. The number of rotatable bonds is 6. The minimum atomic E-state index is -1.25. The standard InChI is InChI=1S/C27H19N3O7/c1-35-17-9-7-15(8-10-17)20-14-36-24(22(20)16-5-3-2-4-6-16)27(34)37-26(33)18-11-12-21(31)19(13-28)23(18)25(32)30-29/h2-12,14,31H,29H2,1H3,(H,30,32). The number of amides is 1. The van der Waals surface area contributed by atoms with Crippen molar-refractivity contribution < 1.29 is 33.4 Å². The third-order valence-electron chi connectivity index (χ3n) is 5.50. The van der Waals surface area contributed by atoms with Gasteiger partial charge in [-0.3, -0.25) is 10.2 Å². The quantitative estimate of drug-likeness (QED) is 0.118. The fourth-order valence-electron chi connectivity index (χ4n) is 3.75. The second-order valence-corrected chi connectivity index (χ2v) is 7.59. The second kappa shape index (κ2) is 10.5. The number of benzene rings is 3. The molecular weight excluding hydrogens is 478 g/mol. The molecule has 184 valence electrons. The summed E-state index contributed by atoms with van der Waals surface area (Å²) in [4.78, 5) is 38.3. The highest BCUT2D eigenvalue weighted by molar-refractivity contribution is 6.12. The summed E-state index contributed by atoms with van der Waals surface area (Å²) in [6, 6.07) is 19.7. The van der Waals surface area contributed by atoms with Gasteiger partial charge in [-0.15, -0.1) is 0 Å². The molecule has 0 saturated heterocycles. The van der Waals surface area contributed by atoms with Gasteiger partial charge in [0.25, 0.3) is 5.91 Å². The van der Waals surface area contributed by atoms with Crippen LogP contribution in [-0.2, 0) is 4.74 Å². The Balaban J connectivity index is 1.76. The van der Waals surface area contributed by atoms with Gasteiger partial charge in [0.05, 0.1) is 18.2 Å². The number of nitrogens with zero attached hydrogens (tertiary/aromatic N) is 1. The fraction of sp³-hybridized carbons (Fsp3) is 0.0370. The number of hydrogen-bond acceptors (Lipinski definition) is 9. The summed E-state index contributed by atoms with van der Waals surface area (Å²) in [5.41, 5.74) is 2.60. The summed E-state index contributed by atoms with van der Waals surface area (Å²) in [5, 5.41) is 19.3. The average Bonchev–Trinajstić information content (AvgIpc) is 3.38. The molecule has 0 unspecified atom stereocenters. The Morgan fingerprint density at radius 3 is 2.30 bits per heavy atom. The van der Waals surface area contributed by atoms with Gasteiger partial charge in [0.15, 0.2) is 0 Å². The lowest BCUT2D eigenvalue weighted by Gasteiger charge is -2.11. The molecule has 10 heteroatoms. The smallest absolute Gasteiger partial charge is 0.382 e. The summed E-state index contributed by atoms with van der Waals surface area (Å²) in [7, 11) is 1.55. The molecule has 1 heterocycles. The normalized spacial score (nSPS) is 10.3. The Morgan fingerprint density at radius 2 is 1.68 bits per heavy atom. The number of esters is 2. The van der Waals surface area contributed by atoms with E-state index in [2.05, 4.69) is 0 Å². The Kier molecular flexibility index (Phi) is 6.99. The van der Waals surface area contributed by atoms with Crippen molar-refractivity contribution in [2.45, 2.75) is 0 Å². The zero-order valence-electron chi connectivity index (χ0n) is 19.3. The number of nitrogen functional groups attached to an aromatic ring is 1. The summed E-state index contributed by atoms with van der Waals surface area (Å²) in [6.07, 6.45) is 1.37. The third-order valence-corrected chi connectivity index (χ3v) is 5.50. The molecule has 1 aromatic heterocycles. The van der Waals surface area contributed by atoms with E-state index in [0.29, 0.717) is 28.0 Å². The molecule has 0 radical (unpaired) electrons. The molecule has 0 aliphatic rings. The summed E-state index contributed by atoms with van der Waals surface area (Å²) < 4.78 is 15.8. The predicted octanol–water partition coefficient (Wildman–Crippen LogP) is 3.80. The zero-order valence-corrected chi connectivity index (χ0v) is 19.3. The number of carbonyl (C=O) groups excluding carboxylic acids is 3. The molecule has 0 atom stereocenters. The van der Waals surface area contributed by atoms with Crippen LogP contribution in [0.25, 0.3) is 22.3 Å². The van der Waals surface area contributed by atoms with Crippen molar-refractivity contribution in [3.63, 3.8) is 0 Å². The minimum Gasteiger partial charge on any atom is -0.507 e. The molecule has 0 aliphatic carbocycles. The predicted molar refractivity (Wildman–Crippen MR) is 130 cm³/mol. The molecule has 4 rings (SSSR count). The van der Waals surface area contributed by atoms with E-state index in [-0.39, 0.29) is 5.76 Å². The molecule has 0 aliphatic heterocycles. The van der Waals surface area contributed by atoms with Gasteiger partial charge in [0, 0.05) is 11.1 Å². The number of hydrazine groups is 1. The van der Waals surface area contributed by atoms with Crippen LogP contribution >= 0.6 is 0 Å². The molecule has 3 aromatic carbocycles. The number of aromatic hydroxyl groups is 1. The van der Waals surface area contributed by atoms with E-state index in [1.807, 2.05) is 0 Å². The Hall–Kier alpha value is -5.40. The number of furan rings is 1. The Bertz CT molecular complexity index is 1530. The largest absolute Gasteiger partial charge is 0.507 e. The molecule has 0 saturated carbocycles. The number of phenolic OH excluding ortho intramolecular Hbond substituents is 1. The molecule has 1 amide bonds. The van der Waals surface area contributed by atoms with Crippen LogP contribution in [0.15, 0.2) is 77.4 Å². The van der Waals surface area contributed by atoms with Gasteiger partial charge in [-0.25, -0.2) is 15.4 Å². The van der Waals surface area contributed by atoms with E-state index in [1.54, 1.807) is 73.2 Å². The Labute approximate surface area is 210 Å². The van der Waals surface area contributed by atoms with Crippen LogP contribution in [0.3, 0.4) is 0 Å². The summed E-state index contributed by atoms with van der Waals surface area (Å²) >= 11 is 0. The molecule has 4 N–H and O–H groups in total. The van der Waals surface area contributed by atoms with Crippen LogP contribution < -0.4 is 16.0 Å². The topological polar surface area (TPSA) is 165 Å². The van der Waals surface area contributed by atoms with E-state index in [0.717, 1.165) is 12.1 Å². The van der Waals surface area contributed by atoms with Gasteiger partial charge in [-0.1, -0.05) is 42.5 Å². The number of phenols is 1. The van der Waals surface area contributed by atoms with Crippen LogP contribution in [0.5, 0.6) is 11.5 Å². The first-order chi connectivity index (χ1) is 17.9. The molecule has 4 aromatic rings. The second-order valence-electron chi connectivity index (χ2n) is 7.59. The van der Waals surface area contributed by atoms with Crippen LogP contribution in [-0.4, -0.2) is 30.1 Å². The third kappa shape index (κ3) is 4.75. The molecular formula is C27H19N3O7. The number of nitrogens with one attached hydrogen (secondary N) is 1. The lowest BCUT2D eigenvalue weighted by Crippen LogP contribution is -2.32. The first-order valence-corrected chi connectivity index (χ1v) is 10.7. The first-order valence-electron chi connectivity index (χ1n) is 10.7. The maximum Gasteiger partial charge on any atom is 0.382 e. The number of methoxy groups -OCH3 is 1. The monoisotopic (exact) mass is 497 g/mol. The highest BCUT2D eigenvalue weighted by Gasteiger charge is 2.29. The van der Waals surface area contributed by atoms with Gasteiger partial charge < -0.3 is 19.0 Å². The van der Waals surface area contributed by atoms with Gasteiger partial charge in [0.1, 0.15) is 29.4 Å². The lowest BCUT2D eigenvalue weighted by atomic mass is 9.96. The lowest BCUT2D eigenvalue weighted by molar-refractivity contribution is 0.0374. The summed E-state index contributed by atoms with van der Waals surface area (Å²) in [6.45, 7) is 0. The molecule has 37 heavy (non-hydrogen) atoms. The van der Waals surface area contributed by atoms with E-state index in [9.17, 15) is 24.8 Å². The van der Waals surface area contributed by atoms with Crippen molar-refractivity contribution in [3.05, 3.63) is 95.4 Å². The highest BCUT2D eigenvalue weighted by Crippen LogP contribution is 2.38. The fourth-order valence-corrected chi connectivity index (χ4v) is 3.75. The zero-order chi connectivity index (χ0) is 26.5. The van der Waals surface area contributed by atoms with E-state index < -0.39 is 40.3 Å². The summed E-state index contributed by atoms with van der Waals surface area (Å²) in [5.74, 6) is 1.59. The van der Waals surface area contributed by atoms with E-state index in [1.165, 1.54) is 6.26 Å². The van der Waals surface area contributed by atoms with Crippen molar-refractivity contribution in [1.82, 2.24) is 5.43 Å². The maximum absolute atomic E-state index is 13.1. The number of nitriles is 1. The first kappa shape index (κ1) is 24.7. The van der Waals surface area contributed by atoms with Crippen LogP contribution in [0.1, 0.15) is 36.8 Å². The number of nitrogens with two attached hydrogens (primary N) is 1. The number of carbonyl (C=O) groups is 3. The van der Waals surface area contributed by atoms with E-state index >= 15 is 0 Å². The minimum absolute atomic E-state index is 0.255.